The van der Waals surface area contributed by atoms with Crippen LogP contribution < -0.4 is 5.32 Å². The maximum absolute atomic E-state index is 12.5. The summed E-state index contributed by atoms with van der Waals surface area (Å²) in [6.07, 6.45) is 4.30. The van der Waals surface area contributed by atoms with Crippen LogP contribution in [0.25, 0.3) is 0 Å². The Bertz CT molecular complexity index is 588. The normalized spacial score (nSPS) is 16.2. The predicted molar refractivity (Wildman–Crippen MR) is 93.8 cm³/mol. The largest absolute Gasteiger partial charge is 0.341 e. The highest BCUT2D eigenvalue weighted by Crippen LogP contribution is 2.16. The molecule has 134 valence electrons. The number of carbonyl (C=O) groups is 2. The molecule has 0 atom stereocenters. The van der Waals surface area contributed by atoms with Gasteiger partial charge >= 0.3 is 6.03 Å². The fourth-order valence-corrected chi connectivity index (χ4v) is 2.66. The lowest BCUT2D eigenvalue weighted by atomic mass is 10.1. The van der Waals surface area contributed by atoms with Crippen molar-refractivity contribution < 1.29 is 9.59 Å². The number of hydrogen-bond acceptors (Lipinski definition) is 3. The highest BCUT2D eigenvalue weighted by atomic mass is 16.2. The van der Waals surface area contributed by atoms with Gasteiger partial charge in [0.15, 0.2) is 0 Å². The molecule has 1 fully saturated rings. The molecule has 0 radical (unpaired) electrons. The van der Waals surface area contributed by atoms with Crippen LogP contribution in [0.2, 0.25) is 0 Å². The summed E-state index contributed by atoms with van der Waals surface area (Å²) in [6, 6.07) is -0.137. The van der Waals surface area contributed by atoms with Crippen molar-refractivity contribution in [3.63, 3.8) is 0 Å². The zero-order valence-corrected chi connectivity index (χ0v) is 15.4. The first kappa shape index (κ1) is 18.3. The van der Waals surface area contributed by atoms with Crippen LogP contribution >= 0.6 is 0 Å². The van der Waals surface area contributed by atoms with Crippen LogP contribution in [0.5, 0.6) is 0 Å². The molecule has 1 aliphatic heterocycles. The Kier molecular flexibility index (Phi) is 5.51. The molecule has 1 aromatic rings. The minimum absolute atomic E-state index is 0.00591. The molecule has 0 aromatic carbocycles. The van der Waals surface area contributed by atoms with E-state index in [9.17, 15) is 9.59 Å². The molecule has 2 heterocycles. The van der Waals surface area contributed by atoms with Crippen LogP contribution in [0.15, 0.2) is 12.4 Å². The van der Waals surface area contributed by atoms with Gasteiger partial charge in [-0.15, -0.1) is 0 Å². The number of rotatable bonds is 2. The number of urea groups is 1. The highest BCUT2D eigenvalue weighted by Gasteiger charge is 2.24. The standard InChI is InChI=1S/C17H29N5O2/c1-13(2)15(23)20-7-6-8-21(10-9-20)16(24)19-14-11-18-22(12-14)17(3,4)5/h11-13H,6-10H2,1-5H3,(H,19,24). The number of hydrogen-bond donors (Lipinski definition) is 1. The fraction of sp³-hybridized carbons (Fsp3) is 0.706. The number of nitrogens with zero attached hydrogens (tertiary/aromatic N) is 4. The van der Waals surface area contributed by atoms with Crippen molar-refractivity contribution in [2.45, 2.75) is 46.6 Å². The van der Waals surface area contributed by atoms with E-state index in [1.165, 1.54) is 0 Å². The molecule has 3 amide bonds. The van der Waals surface area contributed by atoms with E-state index in [0.717, 1.165) is 6.42 Å². The first-order valence-corrected chi connectivity index (χ1v) is 8.58. The lowest BCUT2D eigenvalue weighted by molar-refractivity contribution is -0.134. The minimum atomic E-state index is -0.137. The lowest BCUT2D eigenvalue weighted by Crippen LogP contribution is -2.40. The molecule has 7 nitrogen and oxygen atoms in total. The summed E-state index contributed by atoms with van der Waals surface area (Å²) in [7, 11) is 0. The van der Waals surface area contributed by atoms with E-state index >= 15 is 0 Å². The molecule has 0 unspecified atom stereocenters. The average molecular weight is 335 g/mol. The Labute approximate surface area is 144 Å². The van der Waals surface area contributed by atoms with Gasteiger partial charge in [-0.1, -0.05) is 13.8 Å². The average Bonchev–Trinajstić information content (AvgIpc) is 2.82. The second-order valence-corrected chi connectivity index (χ2v) is 7.60. The highest BCUT2D eigenvalue weighted by molar-refractivity contribution is 5.89. The summed E-state index contributed by atoms with van der Waals surface area (Å²) >= 11 is 0. The number of carbonyl (C=O) groups excluding carboxylic acids is 2. The maximum atomic E-state index is 12.5. The van der Waals surface area contributed by atoms with Gasteiger partial charge in [0.25, 0.3) is 0 Å². The van der Waals surface area contributed by atoms with Gasteiger partial charge in [-0.3, -0.25) is 9.48 Å². The quantitative estimate of drug-likeness (QED) is 0.902. The third-order valence-electron chi connectivity index (χ3n) is 4.11. The fourth-order valence-electron chi connectivity index (χ4n) is 2.66. The van der Waals surface area contributed by atoms with Gasteiger partial charge in [-0.2, -0.15) is 5.10 Å². The molecule has 0 aliphatic carbocycles. The summed E-state index contributed by atoms with van der Waals surface area (Å²) in [5.74, 6) is 0.150. The van der Waals surface area contributed by atoms with Crippen LogP contribution in [0.3, 0.4) is 0 Å². The van der Waals surface area contributed by atoms with Crippen molar-refractivity contribution >= 4 is 17.6 Å². The zero-order chi connectivity index (χ0) is 17.9. The van der Waals surface area contributed by atoms with Crippen molar-refractivity contribution in [1.82, 2.24) is 19.6 Å². The molecule has 1 saturated heterocycles. The van der Waals surface area contributed by atoms with Gasteiger partial charge in [0.2, 0.25) is 5.91 Å². The molecular formula is C17H29N5O2. The van der Waals surface area contributed by atoms with Crippen LogP contribution in [0.1, 0.15) is 41.0 Å². The SMILES string of the molecule is CC(C)C(=O)N1CCCN(C(=O)Nc2cnn(C(C)(C)C)c2)CC1. The lowest BCUT2D eigenvalue weighted by Gasteiger charge is -2.23. The van der Waals surface area contributed by atoms with Crippen LogP contribution in [0, 0.1) is 5.92 Å². The van der Waals surface area contributed by atoms with Crippen LogP contribution in [-0.4, -0.2) is 57.7 Å². The molecule has 2 rings (SSSR count). The molecular weight excluding hydrogens is 306 g/mol. The molecule has 1 aliphatic rings. The van der Waals surface area contributed by atoms with E-state index in [4.69, 9.17) is 0 Å². The Balaban J connectivity index is 1.93. The van der Waals surface area contributed by atoms with Crippen molar-refractivity contribution in [1.29, 1.82) is 0 Å². The number of nitrogens with one attached hydrogen (secondary N) is 1. The topological polar surface area (TPSA) is 70.5 Å². The van der Waals surface area contributed by atoms with Crippen molar-refractivity contribution in [2.75, 3.05) is 31.5 Å². The van der Waals surface area contributed by atoms with Gasteiger partial charge in [-0.25, -0.2) is 4.79 Å². The van der Waals surface area contributed by atoms with Gasteiger partial charge in [0, 0.05) is 38.3 Å². The summed E-state index contributed by atoms with van der Waals surface area (Å²) in [4.78, 5) is 28.2. The second kappa shape index (κ2) is 7.23. The monoisotopic (exact) mass is 335 g/mol. The van der Waals surface area contributed by atoms with Gasteiger partial charge in [0.1, 0.15) is 0 Å². The third kappa shape index (κ3) is 4.49. The Hall–Kier alpha value is -2.05. The van der Waals surface area contributed by atoms with E-state index < -0.39 is 0 Å². The van der Waals surface area contributed by atoms with Crippen molar-refractivity contribution in [3.05, 3.63) is 12.4 Å². The van der Waals surface area contributed by atoms with E-state index in [1.54, 1.807) is 11.1 Å². The Morgan fingerprint density at radius 3 is 2.33 bits per heavy atom. The molecule has 0 spiro atoms. The van der Waals surface area contributed by atoms with Crippen molar-refractivity contribution in [3.8, 4) is 0 Å². The van der Waals surface area contributed by atoms with Gasteiger partial charge in [0.05, 0.1) is 17.4 Å². The zero-order valence-electron chi connectivity index (χ0n) is 15.4. The smallest absolute Gasteiger partial charge is 0.321 e. The minimum Gasteiger partial charge on any atom is -0.341 e. The summed E-state index contributed by atoms with van der Waals surface area (Å²) in [5, 5.41) is 7.19. The molecule has 7 heteroatoms. The van der Waals surface area contributed by atoms with Crippen LogP contribution in [0.4, 0.5) is 10.5 Å². The van der Waals surface area contributed by atoms with E-state index in [2.05, 4.69) is 31.2 Å². The Morgan fingerprint density at radius 1 is 1.12 bits per heavy atom. The summed E-state index contributed by atoms with van der Waals surface area (Å²) < 4.78 is 1.83. The number of amides is 3. The third-order valence-corrected chi connectivity index (χ3v) is 4.11. The van der Waals surface area contributed by atoms with Gasteiger partial charge < -0.3 is 15.1 Å². The first-order chi connectivity index (χ1) is 11.2. The molecule has 1 N–H and O–H groups in total. The number of anilines is 1. The van der Waals surface area contributed by atoms with E-state index in [0.29, 0.717) is 31.9 Å². The van der Waals surface area contributed by atoms with Crippen molar-refractivity contribution in [2.24, 2.45) is 5.92 Å². The first-order valence-electron chi connectivity index (χ1n) is 8.58. The molecule has 1 aromatic heterocycles. The molecule has 24 heavy (non-hydrogen) atoms. The number of aromatic nitrogens is 2. The molecule has 0 saturated carbocycles. The predicted octanol–water partition coefficient (Wildman–Crippen LogP) is 2.36. The van der Waals surface area contributed by atoms with Crippen LogP contribution in [-0.2, 0) is 10.3 Å². The van der Waals surface area contributed by atoms with E-state index in [1.807, 2.05) is 29.6 Å². The van der Waals surface area contributed by atoms with Gasteiger partial charge in [-0.05, 0) is 27.2 Å². The van der Waals surface area contributed by atoms with E-state index in [-0.39, 0.29) is 23.4 Å². The maximum Gasteiger partial charge on any atom is 0.321 e. The molecule has 0 bridgehead atoms. The summed E-state index contributed by atoms with van der Waals surface area (Å²) in [5.41, 5.74) is 0.567. The second-order valence-electron chi connectivity index (χ2n) is 7.60. The Morgan fingerprint density at radius 2 is 1.75 bits per heavy atom. The summed E-state index contributed by atoms with van der Waals surface area (Å²) in [6.45, 7) is 12.5.